The van der Waals surface area contributed by atoms with Crippen LogP contribution in [-0.2, 0) is 27.1 Å². The average molecular weight is 727 g/mol. The van der Waals surface area contributed by atoms with Gasteiger partial charge >= 0.3 is 18.4 Å². The molecule has 3 atom stereocenters. The van der Waals surface area contributed by atoms with Crippen molar-refractivity contribution in [1.82, 2.24) is 14.8 Å². The van der Waals surface area contributed by atoms with Gasteiger partial charge in [0.15, 0.2) is 12.2 Å². The summed E-state index contributed by atoms with van der Waals surface area (Å²) in [6, 6.07) is 10.2. The molecule has 0 radical (unpaired) electrons. The summed E-state index contributed by atoms with van der Waals surface area (Å²) in [7, 11) is 0. The fourth-order valence-corrected chi connectivity index (χ4v) is 5.71. The predicted molar refractivity (Wildman–Crippen MR) is 179 cm³/mol. The van der Waals surface area contributed by atoms with E-state index in [4.69, 9.17) is 9.57 Å². The van der Waals surface area contributed by atoms with Crippen LogP contribution in [0.3, 0.4) is 0 Å². The molecule has 2 heterocycles. The number of fused-ring (bicyclic) bond motifs is 1. The van der Waals surface area contributed by atoms with E-state index in [0.29, 0.717) is 32.0 Å². The van der Waals surface area contributed by atoms with Crippen LogP contribution in [0, 0.1) is 5.92 Å². The van der Waals surface area contributed by atoms with Crippen LogP contribution in [0.15, 0.2) is 53.8 Å². The number of aromatic nitrogens is 1. The Morgan fingerprint density at radius 3 is 2.45 bits per heavy atom. The maximum atomic E-state index is 14.0. The molecule has 0 aliphatic carbocycles. The van der Waals surface area contributed by atoms with Crippen molar-refractivity contribution in [3.8, 4) is 5.75 Å². The van der Waals surface area contributed by atoms with E-state index in [1.54, 1.807) is 49.4 Å². The SMILES string of the molecule is CCCN(CCNC(=O)Cn1ccc2c(C3=NOC(c4ccc(OC(C)C(F)(F)F)c(C(F)(F)F)c4)C(C)CC3)cccc21)C(=O)OC(C)(C)C. The Bertz CT molecular complexity index is 1710. The number of benzene rings is 2. The Hall–Kier alpha value is -4.43. The fraction of sp³-hybridized carbons (Fsp3) is 0.528. The summed E-state index contributed by atoms with van der Waals surface area (Å²) in [5, 5.41) is 7.99. The molecule has 9 nitrogen and oxygen atoms in total. The number of nitrogens with zero attached hydrogens (tertiary/aromatic N) is 3. The highest BCUT2D eigenvalue weighted by molar-refractivity contribution is 6.10. The Kier molecular flexibility index (Phi) is 12.2. The molecule has 0 saturated heterocycles. The summed E-state index contributed by atoms with van der Waals surface area (Å²) in [6.45, 7) is 10.8. The molecular formula is C36H44F6N4O5. The van der Waals surface area contributed by atoms with Gasteiger partial charge < -0.3 is 29.1 Å². The molecule has 2 aromatic carbocycles. The summed E-state index contributed by atoms with van der Waals surface area (Å²) >= 11 is 0. The minimum atomic E-state index is -4.98. The van der Waals surface area contributed by atoms with E-state index in [1.165, 1.54) is 6.07 Å². The molecule has 0 spiro atoms. The Morgan fingerprint density at radius 2 is 1.80 bits per heavy atom. The Morgan fingerprint density at radius 1 is 1.08 bits per heavy atom. The van der Waals surface area contributed by atoms with Crippen LogP contribution in [0.4, 0.5) is 31.1 Å². The van der Waals surface area contributed by atoms with Gasteiger partial charge in [-0.05, 0) is 76.8 Å². The number of rotatable bonds is 11. The van der Waals surface area contributed by atoms with Gasteiger partial charge in [0.2, 0.25) is 5.91 Å². The van der Waals surface area contributed by atoms with Gasteiger partial charge in [0.1, 0.15) is 17.9 Å². The topological polar surface area (TPSA) is 94.4 Å². The normalized spacial score (nSPS) is 17.6. The minimum absolute atomic E-state index is 0.0122. The smallest absolute Gasteiger partial charge is 0.425 e. The lowest BCUT2D eigenvalue weighted by Gasteiger charge is -2.27. The first-order valence-corrected chi connectivity index (χ1v) is 16.8. The lowest BCUT2D eigenvalue weighted by molar-refractivity contribution is -0.191. The third-order valence-electron chi connectivity index (χ3n) is 8.32. The average Bonchev–Trinajstić information content (AvgIpc) is 3.33. The molecular weight excluding hydrogens is 682 g/mol. The maximum absolute atomic E-state index is 14.0. The maximum Gasteiger partial charge on any atom is 0.425 e. The summed E-state index contributed by atoms with van der Waals surface area (Å²) in [5.74, 6) is -1.48. The first kappa shape index (κ1) is 39.4. The number of halogens is 6. The van der Waals surface area contributed by atoms with Crippen molar-refractivity contribution in [3.63, 3.8) is 0 Å². The molecule has 0 bridgehead atoms. The number of nitrogens with one attached hydrogen (secondary N) is 1. The van der Waals surface area contributed by atoms with E-state index in [1.807, 2.05) is 25.1 Å². The van der Waals surface area contributed by atoms with Crippen molar-refractivity contribution in [2.75, 3.05) is 19.6 Å². The van der Waals surface area contributed by atoms with Crippen molar-refractivity contribution in [1.29, 1.82) is 0 Å². The lowest BCUT2D eigenvalue weighted by Crippen LogP contribution is -2.42. The van der Waals surface area contributed by atoms with E-state index < -0.39 is 47.6 Å². The number of carbonyl (C=O) groups is 2. The van der Waals surface area contributed by atoms with Crippen LogP contribution in [0.5, 0.6) is 5.75 Å². The third-order valence-corrected chi connectivity index (χ3v) is 8.32. The molecule has 0 fully saturated rings. The second-order valence-electron chi connectivity index (χ2n) is 13.6. The van der Waals surface area contributed by atoms with Crippen LogP contribution in [0.25, 0.3) is 10.9 Å². The number of alkyl halides is 6. The van der Waals surface area contributed by atoms with Gasteiger partial charge in [0.05, 0.1) is 11.3 Å². The van der Waals surface area contributed by atoms with Crippen LogP contribution in [0.1, 0.15) is 83.6 Å². The van der Waals surface area contributed by atoms with Crippen molar-refractivity contribution >= 4 is 28.6 Å². The molecule has 1 N–H and O–H groups in total. The summed E-state index contributed by atoms with van der Waals surface area (Å²) < 4.78 is 92.9. The van der Waals surface area contributed by atoms with E-state index in [0.717, 1.165) is 35.0 Å². The first-order valence-electron chi connectivity index (χ1n) is 16.8. The van der Waals surface area contributed by atoms with Crippen LogP contribution >= 0.6 is 0 Å². The molecule has 1 aromatic heterocycles. The van der Waals surface area contributed by atoms with E-state index in [9.17, 15) is 35.9 Å². The van der Waals surface area contributed by atoms with Gasteiger partial charge in [-0.2, -0.15) is 26.3 Å². The fourth-order valence-electron chi connectivity index (χ4n) is 5.71. The Balaban J connectivity index is 1.48. The van der Waals surface area contributed by atoms with Crippen LogP contribution in [0.2, 0.25) is 0 Å². The zero-order chi connectivity index (χ0) is 37.7. The van der Waals surface area contributed by atoms with E-state index in [2.05, 4.69) is 15.2 Å². The highest BCUT2D eigenvalue weighted by Crippen LogP contribution is 2.42. The van der Waals surface area contributed by atoms with Crippen molar-refractivity contribution in [2.45, 2.75) is 97.5 Å². The minimum Gasteiger partial charge on any atom is -0.481 e. The molecule has 15 heteroatoms. The second kappa shape index (κ2) is 15.9. The van der Waals surface area contributed by atoms with Gasteiger partial charge in [-0.15, -0.1) is 0 Å². The molecule has 51 heavy (non-hydrogen) atoms. The van der Waals surface area contributed by atoms with Gasteiger partial charge in [-0.25, -0.2) is 4.79 Å². The van der Waals surface area contributed by atoms with Crippen LogP contribution < -0.4 is 10.1 Å². The van der Waals surface area contributed by atoms with Gasteiger partial charge in [0.25, 0.3) is 0 Å². The standard InChI is InChI=1S/C36H44F6N4O5/c1-7-17-45(33(48)50-34(4,5)6)19-16-43-31(47)21-46-18-15-26-25(9-8-10-29(26)46)28-13-11-22(2)32(51-44-28)24-12-14-30(27(20-24)36(40,41)42)49-23(3)35(37,38)39/h8-10,12,14-15,18,20,22-23,32H,7,11,13,16-17,19,21H2,1-6H3,(H,43,47). The zero-order valence-corrected chi connectivity index (χ0v) is 29.5. The van der Waals surface area contributed by atoms with Gasteiger partial charge in [-0.1, -0.05) is 37.2 Å². The molecule has 1 aliphatic heterocycles. The number of hydrogen-bond acceptors (Lipinski definition) is 6. The Labute approximate surface area is 292 Å². The van der Waals surface area contributed by atoms with E-state index in [-0.39, 0.29) is 37.0 Å². The molecule has 3 unspecified atom stereocenters. The molecule has 3 aromatic rings. The van der Waals surface area contributed by atoms with Gasteiger partial charge in [-0.3, -0.25) is 4.79 Å². The summed E-state index contributed by atoms with van der Waals surface area (Å²) in [6.07, 6.45) is -10.2. The molecule has 280 valence electrons. The highest BCUT2D eigenvalue weighted by atomic mass is 19.4. The zero-order valence-electron chi connectivity index (χ0n) is 29.5. The number of amides is 2. The summed E-state index contributed by atoms with van der Waals surface area (Å²) in [4.78, 5) is 32.8. The first-order chi connectivity index (χ1) is 23.8. The number of oxime groups is 1. The van der Waals surface area contributed by atoms with Crippen molar-refractivity contribution in [3.05, 3.63) is 65.4 Å². The predicted octanol–water partition coefficient (Wildman–Crippen LogP) is 8.64. The monoisotopic (exact) mass is 726 g/mol. The third kappa shape index (κ3) is 10.3. The van der Waals surface area contributed by atoms with Crippen molar-refractivity contribution < 1.29 is 50.2 Å². The molecule has 4 rings (SSSR count). The largest absolute Gasteiger partial charge is 0.481 e. The second-order valence-corrected chi connectivity index (χ2v) is 13.6. The number of carbonyl (C=O) groups excluding carboxylic acids is 2. The van der Waals surface area contributed by atoms with Gasteiger partial charge in [0, 0.05) is 48.2 Å². The number of ether oxygens (including phenoxy) is 2. The summed E-state index contributed by atoms with van der Waals surface area (Å²) in [5.41, 5.74) is 0.168. The quantitative estimate of drug-likeness (QED) is 0.200. The number of hydrogen-bond donors (Lipinski definition) is 1. The van der Waals surface area contributed by atoms with E-state index >= 15 is 0 Å². The van der Waals surface area contributed by atoms with Crippen molar-refractivity contribution in [2.24, 2.45) is 11.1 Å². The molecule has 2 amide bonds. The molecule has 0 saturated carbocycles. The highest BCUT2D eigenvalue weighted by Gasteiger charge is 2.41. The van der Waals surface area contributed by atoms with Crippen LogP contribution in [-0.4, -0.2) is 64.7 Å². The lowest BCUT2D eigenvalue weighted by atomic mass is 9.90. The molecule has 1 aliphatic rings.